The first-order chi connectivity index (χ1) is 12.2. The Morgan fingerprint density at radius 2 is 1.85 bits per heavy atom. The smallest absolute Gasteiger partial charge is 0.418 e. The van der Waals surface area contributed by atoms with E-state index >= 15 is 0 Å². The number of alkyl halides is 3. The van der Waals surface area contributed by atoms with Crippen LogP contribution < -0.4 is 10.9 Å². The summed E-state index contributed by atoms with van der Waals surface area (Å²) in [4.78, 5) is 26.9. The minimum atomic E-state index is -4.70. The Morgan fingerprint density at radius 1 is 1.15 bits per heavy atom. The first-order valence-corrected chi connectivity index (χ1v) is 7.58. The van der Waals surface area contributed by atoms with E-state index in [-0.39, 0.29) is 10.9 Å². The van der Waals surface area contributed by atoms with Crippen LogP contribution in [0.5, 0.6) is 5.75 Å². The summed E-state index contributed by atoms with van der Waals surface area (Å²) < 4.78 is 39.1. The first kappa shape index (κ1) is 17.8. The number of hydrogen-bond donors (Lipinski definition) is 3. The van der Waals surface area contributed by atoms with Crippen molar-refractivity contribution in [1.29, 1.82) is 0 Å². The van der Waals surface area contributed by atoms with Gasteiger partial charge in [0.15, 0.2) is 0 Å². The fourth-order valence-electron chi connectivity index (χ4n) is 2.49. The molecular weight excluding hydrogens is 373 g/mol. The molecule has 0 saturated heterocycles. The highest BCUT2D eigenvalue weighted by molar-refractivity contribution is 6.31. The van der Waals surface area contributed by atoms with Crippen LogP contribution in [0.1, 0.15) is 15.9 Å². The molecule has 0 radical (unpaired) electrons. The van der Waals surface area contributed by atoms with Crippen LogP contribution >= 0.6 is 11.6 Å². The number of fused-ring (bicyclic) bond motifs is 1. The lowest BCUT2D eigenvalue weighted by molar-refractivity contribution is -0.136. The molecule has 0 bridgehead atoms. The summed E-state index contributed by atoms with van der Waals surface area (Å²) in [6.07, 6.45) is -4.70. The predicted octanol–water partition coefficient (Wildman–Crippen LogP) is 4.16. The van der Waals surface area contributed by atoms with E-state index in [0.29, 0.717) is 5.02 Å². The van der Waals surface area contributed by atoms with Crippen LogP contribution in [0.4, 0.5) is 18.9 Å². The number of rotatable bonds is 2. The number of nitrogens with one attached hydrogen (secondary N) is 2. The highest BCUT2D eigenvalue weighted by atomic mass is 35.5. The molecule has 134 valence electrons. The first-order valence-electron chi connectivity index (χ1n) is 7.20. The van der Waals surface area contributed by atoms with E-state index in [1.54, 1.807) is 0 Å². The molecular formula is C17H10ClF3N2O3. The fraction of sp³-hybridized carbons (Fsp3) is 0.0588. The zero-order valence-corrected chi connectivity index (χ0v) is 13.6. The Kier molecular flexibility index (Phi) is 4.37. The van der Waals surface area contributed by atoms with Gasteiger partial charge in [0.05, 0.1) is 16.8 Å². The number of para-hydroxylation sites is 1. The molecule has 9 heteroatoms. The van der Waals surface area contributed by atoms with Crippen LogP contribution in [0.25, 0.3) is 10.9 Å². The van der Waals surface area contributed by atoms with Crippen molar-refractivity contribution in [1.82, 2.24) is 4.98 Å². The van der Waals surface area contributed by atoms with E-state index < -0.39 is 40.2 Å². The summed E-state index contributed by atoms with van der Waals surface area (Å²) in [5, 5.41) is 12.7. The van der Waals surface area contributed by atoms with E-state index in [0.717, 1.165) is 12.1 Å². The van der Waals surface area contributed by atoms with Crippen LogP contribution in [0.3, 0.4) is 0 Å². The largest absolute Gasteiger partial charge is 0.506 e. The molecule has 3 aromatic rings. The number of halogens is 4. The molecule has 1 aromatic heterocycles. The van der Waals surface area contributed by atoms with Crippen LogP contribution in [-0.2, 0) is 6.18 Å². The molecule has 0 saturated carbocycles. The SMILES string of the molecule is O=C(Nc1ccccc1C(F)(F)F)c1c(O)c2ccc(Cl)cc2[nH]c1=O. The number of hydrogen-bond acceptors (Lipinski definition) is 3. The summed E-state index contributed by atoms with van der Waals surface area (Å²) >= 11 is 5.80. The minimum absolute atomic E-state index is 0.128. The molecule has 26 heavy (non-hydrogen) atoms. The van der Waals surface area contributed by atoms with Crippen molar-refractivity contribution in [3.8, 4) is 5.75 Å². The monoisotopic (exact) mass is 382 g/mol. The molecule has 5 nitrogen and oxygen atoms in total. The maximum absolute atomic E-state index is 13.0. The van der Waals surface area contributed by atoms with Gasteiger partial charge in [0.1, 0.15) is 11.3 Å². The Balaban J connectivity index is 2.07. The molecule has 0 spiro atoms. The Labute approximate surface area is 149 Å². The van der Waals surface area contributed by atoms with Gasteiger partial charge in [-0.2, -0.15) is 13.2 Å². The van der Waals surface area contributed by atoms with Gasteiger partial charge in [-0.1, -0.05) is 23.7 Å². The summed E-state index contributed by atoms with van der Waals surface area (Å²) in [5.41, 5.74) is -3.07. The second-order valence-corrected chi connectivity index (χ2v) is 5.80. The van der Waals surface area contributed by atoms with Gasteiger partial charge in [0.25, 0.3) is 11.5 Å². The molecule has 0 fully saturated rings. The Hall–Kier alpha value is -3.00. The number of aromatic amines is 1. The molecule has 0 aliphatic carbocycles. The van der Waals surface area contributed by atoms with Crippen LogP contribution in [-0.4, -0.2) is 16.0 Å². The summed E-state index contributed by atoms with van der Waals surface area (Å²) in [5.74, 6) is -1.82. The molecule has 3 rings (SSSR count). The van der Waals surface area contributed by atoms with Crippen molar-refractivity contribution < 1.29 is 23.1 Å². The number of H-pyrrole nitrogens is 1. The maximum atomic E-state index is 13.0. The lowest BCUT2D eigenvalue weighted by atomic mass is 10.1. The highest BCUT2D eigenvalue weighted by Gasteiger charge is 2.34. The number of carbonyl (C=O) groups is 1. The molecule has 0 atom stereocenters. The summed E-state index contributed by atoms with van der Waals surface area (Å²) in [6.45, 7) is 0. The molecule has 2 aromatic carbocycles. The van der Waals surface area contributed by atoms with Crippen molar-refractivity contribution in [3.63, 3.8) is 0 Å². The number of aromatic nitrogens is 1. The van der Waals surface area contributed by atoms with Gasteiger partial charge in [-0.05, 0) is 30.3 Å². The third-order valence-electron chi connectivity index (χ3n) is 3.66. The molecule has 0 unspecified atom stereocenters. The second kappa shape index (κ2) is 6.38. The van der Waals surface area contributed by atoms with Crippen LogP contribution in [0, 0.1) is 0 Å². The zero-order chi connectivity index (χ0) is 19.1. The van der Waals surface area contributed by atoms with Gasteiger partial charge in [0, 0.05) is 10.4 Å². The van der Waals surface area contributed by atoms with Crippen molar-refractivity contribution in [2.24, 2.45) is 0 Å². The van der Waals surface area contributed by atoms with Gasteiger partial charge in [-0.25, -0.2) is 0 Å². The van der Waals surface area contributed by atoms with Crippen LogP contribution in [0.2, 0.25) is 5.02 Å². The van der Waals surface area contributed by atoms with Gasteiger partial charge in [-0.15, -0.1) is 0 Å². The normalized spacial score (nSPS) is 11.5. The standard InChI is InChI=1S/C17H10ClF3N2O3/c18-8-5-6-9-12(7-8)23-16(26)13(14(9)24)15(25)22-11-4-2-1-3-10(11)17(19,20)21/h1-7H,(H,22,25)(H2,23,24,26). The van der Waals surface area contributed by atoms with E-state index in [1.807, 2.05) is 5.32 Å². The second-order valence-electron chi connectivity index (χ2n) is 5.37. The van der Waals surface area contributed by atoms with Gasteiger partial charge in [0.2, 0.25) is 0 Å². The van der Waals surface area contributed by atoms with E-state index in [2.05, 4.69) is 4.98 Å². The quantitative estimate of drug-likeness (QED) is 0.622. The Morgan fingerprint density at radius 3 is 2.54 bits per heavy atom. The average molecular weight is 383 g/mol. The number of benzene rings is 2. The van der Waals surface area contributed by atoms with Gasteiger partial charge < -0.3 is 15.4 Å². The molecule has 3 N–H and O–H groups in total. The summed E-state index contributed by atoms with van der Waals surface area (Å²) in [6, 6.07) is 8.50. The Bertz CT molecular complexity index is 1080. The molecule has 1 amide bonds. The van der Waals surface area contributed by atoms with Gasteiger partial charge in [-0.3, -0.25) is 9.59 Å². The molecule has 1 heterocycles. The average Bonchev–Trinajstić information content (AvgIpc) is 2.53. The van der Waals surface area contributed by atoms with Crippen LogP contribution in [0.15, 0.2) is 47.3 Å². The third kappa shape index (κ3) is 3.23. The summed E-state index contributed by atoms with van der Waals surface area (Å²) in [7, 11) is 0. The van der Waals surface area contributed by atoms with Crippen molar-refractivity contribution in [2.45, 2.75) is 6.18 Å². The van der Waals surface area contributed by atoms with Crippen molar-refractivity contribution in [2.75, 3.05) is 5.32 Å². The van der Waals surface area contributed by atoms with Gasteiger partial charge >= 0.3 is 6.18 Å². The zero-order valence-electron chi connectivity index (χ0n) is 12.8. The van der Waals surface area contributed by atoms with Crippen molar-refractivity contribution in [3.05, 3.63) is 69.0 Å². The van der Waals surface area contributed by atoms with E-state index in [9.17, 15) is 27.9 Å². The van der Waals surface area contributed by atoms with E-state index in [1.165, 1.54) is 30.3 Å². The number of amides is 1. The number of anilines is 1. The number of pyridine rings is 1. The fourth-order valence-corrected chi connectivity index (χ4v) is 2.66. The van der Waals surface area contributed by atoms with Crippen molar-refractivity contribution >= 4 is 34.1 Å². The minimum Gasteiger partial charge on any atom is -0.506 e. The molecule has 0 aliphatic heterocycles. The predicted molar refractivity (Wildman–Crippen MR) is 90.6 cm³/mol. The maximum Gasteiger partial charge on any atom is 0.418 e. The lowest BCUT2D eigenvalue weighted by Crippen LogP contribution is -2.24. The highest BCUT2D eigenvalue weighted by Crippen LogP contribution is 2.35. The molecule has 0 aliphatic rings. The lowest BCUT2D eigenvalue weighted by Gasteiger charge is -2.14. The number of aromatic hydroxyl groups is 1. The third-order valence-corrected chi connectivity index (χ3v) is 3.89. The number of carbonyl (C=O) groups excluding carboxylic acids is 1. The van der Waals surface area contributed by atoms with E-state index in [4.69, 9.17) is 11.6 Å². The topological polar surface area (TPSA) is 82.2 Å².